The Kier molecular flexibility index (Phi) is 6.61. The number of carbonyl (C=O) groups excluding carboxylic acids is 2. The third-order valence-electron chi connectivity index (χ3n) is 3.45. The van der Waals surface area contributed by atoms with Crippen LogP contribution in [0.5, 0.6) is 0 Å². The molecule has 0 fully saturated rings. The van der Waals surface area contributed by atoms with Gasteiger partial charge in [-0.2, -0.15) is 0 Å². The van der Waals surface area contributed by atoms with Crippen molar-refractivity contribution in [3.63, 3.8) is 0 Å². The molecule has 1 aromatic heterocycles. The van der Waals surface area contributed by atoms with E-state index >= 15 is 0 Å². The number of carbonyl (C=O) groups is 2. The van der Waals surface area contributed by atoms with Crippen LogP contribution in [0.15, 0.2) is 29.4 Å². The van der Waals surface area contributed by atoms with Crippen molar-refractivity contribution in [2.75, 3.05) is 22.1 Å². The summed E-state index contributed by atoms with van der Waals surface area (Å²) < 4.78 is 8.12. The van der Waals surface area contributed by atoms with Gasteiger partial charge in [-0.3, -0.25) is 14.4 Å². The quantitative estimate of drug-likeness (QED) is 0.330. The summed E-state index contributed by atoms with van der Waals surface area (Å²) in [5.41, 5.74) is 12.7. The summed E-state index contributed by atoms with van der Waals surface area (Å²) >= 11 is 0. The van der Waals surface area contributed by atoms with Gasteiger partial charge in [-0.15, -0.1) is 0 Å². The van der Waals surface area contributed by atoms with Crippen molar-refractivity contribution >= 4 is 40.3 Å². The SMILES string of the molecule is CCCS(=N)c1nc(N)c(NC=O)c(NCc2ccc(C(N)=O)cc2)n1. The smallest absolute Gasteiger partial charge is 0.248 e. The van der Waals surface area contributed by atoms with Crippen molar-refractivity contribution in [2.24, 2.45) is 5.73 Å². The number of nitrogens with zero attached hydrogens (tertiary/aromatic N) is 2. The molecular weight excluding hydrogens is 354 g/mol. The topological polar surface area (TPSA) is 160 Å². The normalized spacial score (nSPS) is 11.6. The maximum absolute atomic E-state index is 11.1. The van der Waals surface area contributed by atoms with Gasteiger partial charge in [0.1, 0.15) is 5.69 Å². The number of nitrogens with two attached hydrogens (primary N) is 2. The standard InChI is InChI=1S/C16H21N7O2S/c1-2-7-26(19)16-22-13(17)12(21-9-24)15(23-16)20-8-10-3-5-11(6-4-10)14(18)25/h3-6,9,19H,2,7-8H2,1H3,(H2,18,25)(H,21,24)(H3,17,20,22,23). The van der Waals surface area contributed by atoms with E-state index in [2.05, 4.69) is 20.6 Å². The van der Waals surface area contributed by atoms with Crippen LogP contribution in [-0.2, 0) is 22.0 Å². The third-order valence-corrected chi connectivity index (χ3v) is 4.89. The highest BCUT2D eigenvalue weighted by molar-refractivity contribution is 7.85. The van der Waals surface area contributed by atoms with Crippen molar-refractivity contribution in [1.29, 1.82) is 4.78 Å². The third kappa shape index (κ3) is 4.76. The predicted octanol–water partition coefficient (Wildman–Crippen LogP) is 1.49. The van der Waals surface area contributed by atoms with E-state index in [1.165, 1.54) is 0 Å². The zero-order valence-corrected chi connectivity index (χ0v) is 15.1. The summed E-state index contributed by atoms with van der Waals surface area (Å²) in [5.74, 6) is 0.594. The molecule has 26 heavy (non-hydrogen) atoms. The highest BCUT2D eigenvalue weighted by Gasteiger charge is 2.14. The van der Waals surface area contributed by atoms with Crippen LogP contribution in [0.1, 0.15) is 29.3 Å². The van der Waals surface area contributed by atoms with E-state index < -0.39 is 16.6 Å². The molecule has 138 valence electrons. The van der Waals surface area contributed by atoms with Crippen molar-refractivity contribution < 1.29 is 9.59 Å². The molecule has 0 spiro atoms. The van der Waals surface area contributed by atoms with E-state index in [0.717, 1.165) is 12.0 Å². The number of benzene rings is 1. The number of hydrogen-bond donors (Lipinski definition) is 5. The molecule has 0 aliphatic heterocycles. The Balaban J connectivity index is 2.26. The van der Waals surface area contributed by atoms with Crippen LogP contribution in [0.25, 0.3) is 0 Å². The molecule has 9 nitrogen and oxygen atoms in total. The van der Waals surface area contributed by atoms with Crippen LogP contribution >= 0.6 is 0 Å². The first kappa shape index (κ1) is 19.3. The lowest BCUT2D eigenvalue weighted by Crippen LogP contribution is -2.13. The number of rotatable bonds is 9. The van der Waals surface area contributed by atoms with Gasteiger partial charge >= 0.3 is 0 Å². The minimum absolute atomic E-state index is 0.106. The molecule has 0 saturated carbocycles. The van der Waals surface area contributed by atoms with Crippen LogP contribution in [0.3, 0.4) is 0 Å². The lowest BCUT2D eigenvalue weighted by atomic mass is 10.1. The van der Waals surface area contributed by atoms with Gasteiger partial charge < -0.3 is 22.1 Å². The minimum atomic E-state index is -0.882. The van der Waals surface area contributed by atoms with E-state index in [0.29, 0.717) is 35.2 Å². The van der Waals surface area contributed by atoms with E-state index in [1.54, 1.807) is 24.3 Å². The maximum atomic E-state index is 11.1. The monoisotopic (exact) mass is 375 g/mol. The molecule has 1 atom stereocenters. The molecule has 1 heterocycles. The molecule has 2 aromatic rings. The summed E-state index contributed by atoms with van der Waals surface area (Å²) in [6.07, 6.45) is 1.33. The lowest BCUT2D eigenvalue weighted by molar-refractivity contribution is -0.105. The fourth-order valence-corrected chi connectivity index (χ4v) is 3.17. The number of aromatic nitrogens is 2. The molecule has 0 radical (unpaired) electrons. The van der Waals surface area contributed by atoms with Crippen molar-refractivity contribution in [3.05, 3.63) is 35.4 Å². The zero-order valence-electron chi connectivity index (χ0n) is 14.3. The Morgan fingerprint density at radius 1 is 1.31 bits per heavy atom. The largest absolute Gasteiger partial charge is 0.382 e. The van der Waals surface area contributed by atoms with Crippen LogP contribution in [0.2, 0.25) is 0 Å². The molecule has 0 saturated heterocycles. The molecule has 2 rings (SSSR count). The summed E-state index contributed by atoms with van der Waals surface area (Å²) in [7, 11) is -0.882. The predicted molar refractivity (Wildman–Crippen MR) is 102 cm³/mol. The van der Waals surface area contributed by atoms with Gasteiger partial charge in [0.15, 0.2) is 11.6 Å². The molecule has 0 aliphatic rings. The zero-order chi connectivity index (χ0) is 19.1. The lowest BCUT2D eigenvalue weighted by Gasteiger charge is -2.14. The molecular formula is C16H21N7O2S. The molecule has 1 aromatic carbocycles. The second kappa shape index (κ2) is 8.90. The summed E-state index contributed by atoms with van der Waals surface area (Å²) in [5, 5.41) is 5.91. The number of nitrogen functional groups attached to an aromatic ring is 1. The average molecular weight is 375 g/mol. The van der Waals surface area contributed by atoms with Gasteiger partial charge in [0.05, 0.1) is 0 Å². The number of hydrogen-bond acceptors (Lipinski definition) is 7. The molecule has 1 unspecified atom stereocenters. The van der Waals surface area contributed by atoms with E-state index in [-0.39, 0.29) is 11.5 Å². The fourth-order valence-electron chi connectivity index (χ4n) is 2.16. The highest BCUT2D eigenvalue weighted by atomic mass is 32.2. The Morgan fingerprint density at radius 2 is 2.00 bits per heavy atom. The number of primary amides is 1. The van der Waals surface area contributed by atoms with Gasteiger partial charge in [0, 0.05) is 17.9 Å². The van der Waals surface area contributed by atoms with Gasteiger partial charge in [0.25, 0.3) is 0 Å². The first-order valence-corrected chi connectivity index (χ1v) is 9.28. The Hall–Kier alpha value is -3.01. The van der Waals surface area contributed by atoms with Gasteiger partial charge in [0.2, 0.25) is 17.5 Å². The van der Waals surface area contributed by atoms with Crippen LogP contribution in [0, 0.1) is 4.78 Å². The number of nitrogens with one attached hydrogen (secondary N) is 3. The second-order valence-electron chi connectivity index (χ2n) is 5.39. The summed E-state index contributed by atoms with van der Waals surface area (Å²) in [6, 6.07) is 6.79. The Bertz CT molecular complexity index is 824. The van der Waals surface area contributed by atoms with Crippen molar-refractivity contribution in [2.45, 2.75) is 25.0 Å². The number of amides is 2. The molecule has 2 amide bonds. The van der Waals surface area contributed by atoms with E-state index in [9.17, 15) is 9.59 Å². The highest BCUT2D eigenvalue weighted by Crippen LogP contribution is 2.26. The molecule has 0 bridgehead atoms. The first-order valence-electron chi connectivity index (χ1n) is 7.88. The van der Waals surface area contributed by atoms with E-state index in [1.807, 2.05) is 6.92 Å². The van der Waals surface area contributed by atoms with E-state index in [4.69, 9.17) is 16.2 Å². The molecule has 10 heteroatoms. The first-order chi connectivity index (χ1) is 12.5. The fraction of sp³-hybridized carbons (Fsp3) is 0.250. The number of anilines is 3. The molecule has 0 aliphatic carbocycles. The Morgan fingerprint density at radius 3 is 2.58 bits per heavy atom. The van der Waals surface area contributed by atoms with Gasteiger partial charge in [-0.1, -0.05) is 19.1 Å². The maximum Gasteiger partial charge on any atom is 0.248 e. The average Bonchev–Trinajstić information content (AvgIpc) is 2.62. The van der Waals surface area contributed by atoms with Crippen molar-refractivity contribution in [1.82, 2.24) is 9.97 Å². The minimum Gasteiger partial charge on any atom is -0.382 e. The van der Waals surface area contributed by atoms with Gasteiger partial charge in [-0.05, 0) is 34.8 Å². The Labute approximate surface area is 153 Å². The summed E-state index contributed by atoms with van der Waals surface area (Å²) in [6.45, 7) is 2.36. The molecule has 7 N–H and O–H groups in total. The van der Waals surface area contributed by atoms with Crippen LogP contribution < -0.4 is 22.1 Å². The van der Waals surface area contributed by atoms with Crippen molar-refractivity contribution in [3.8, 4) is 0 Å². The summed E-state index contributed by atoms with van der Waals surface area (Å²) in [4.78, 5) is 30.5. The van der Waals surface area contributed by atoms with Gasteiger partial charge in [-0.25, -0.2) is 9.97 Å². The van der Waals surface area contributed by atoms with Crippen LogP contribution in [0.4, 0.5) is 17.3 Å². The second-order valence-corrected chi connectivity index (χ2v) is 6.94. The van der Waals surface area contributed by atoms with Crippen LogP contribution in [-0.4, -0.2) is 28.0 Å².